The number of nitrogens with one attached hydrogen (secondary N) is 1. The fraction of sp³-hybridized carbons (Fsp3) is 0.312. The van der Waals surface area contributed by atoms with Crippen LogP contribution in [0.3, 0.4) is 0 Å². The van der Waals surface area contributed by atoms with Gasteiger partial charge in [0.15, 0.2) is 5.16 Å². The summed E-state index contributed by atoms with van der Waals surface area (Å²) in [6.45, 7) is 0. The van der Waals surface area contributed by atoms with E-state index in [1.807, 2.05) is 18.4 Å². The molecule has 0 aliphatic heterocycles. The lowest BCUT2D eigenvalue weighted by molar-refractivity contribution is 0.0697. The van der Waals surface area contributed by atoms with E-state index in [1.165, 1.54) is 23.5 Å². The molecule has 1 heterocycles. The first-order valence-corrected chi connectivity index (χ1v) is 8.43. The SMILES string of the molecule is COc1cccc2c1C(Nc1nc(SC)ncc1C(=O)O)CC2. The maximum atomic E-state index is 11.4. The summed E-state index contributed by atoms with van der Waals surface area (Å²) in [7, 11) is 1.64. The second-order valence-electron chi connectivity index (χ2n) is 5.19. The van der Waals surface area contributed by atoms with Crippen molar-refractivity contribution in [1.82, 2.24) is 9.97 Å². The molecule has 6 nitrogen and oxygen atoms in total. The van der Waals surface area contributed by atoms with Crippen LogP contribution in [0.25, 0.3) is 0 Å². The lowest BCUT2D eigenvalue weighted by Crippen LogP contribution is -2.14. The minimum Gasteiger partial charge on any atom is -0.496 e. The number of hydrogen-bond acceptors (Lipinski definition) is 6. The van der Waals surface area contributed by atoms with Crippen molar-refractivity contribution < 1.29 is 14.6 Å². The summed E-state index contributed by atoms with van der Waals surface area (Å²) >= 11 is 1.37. The summed E-state index contributed by atoms with van der Waals surface area (Å²) in [5, 5.41) is 13.2. The van der Waals surface area contributed by atoms with E-state index in [2.05, 4.69) is 21.4 Å². The molecule has 0 amide bonds. The van der Waals surface area contributed by atoms with Gasteiger partial charge in [0.2, 0.25) is 0 Å². The number of hydrogen-bond donors (Lipinski definition) is 2. The van der Waals surface area contributed by atoms with Crippen molar-refractivity contribution in [3.05, 3.63) is 41.1 Å². The Morgan fingerprint density at radius 1 is 1.48 bits per heavy atom. The number of methoxy groups -OCH3 is 1. The summed E-state index contributed by atoms with van der Waals surface area (Å²) in [6.07, 6.45) is 5.00. The minimum absolute atomic E-state index is 0.0242. The lowest BCUT2D eigenvalue weighted by Gasteiger charge is -2.18. The van der Waals surface area contributed by atoms with E-state index in [0.717, 1.165) is 24.2 Å². The molecule has 1 aliphatic rings. The molecule has 1 aromatic carbocycles. The standard InChI is InChI=1S/C16H17N3O3S/c1-22-12-5-3-4-9-6-7-11(13(9)12)18-14-10(15(20)21)8-17-16(19-14)23-2/h3-5,8,11H,6-7H2,1-2H3,(H,20,21)(H,17,18,19). The van der Waals surface area contributed by atoms with Crippen LogP contribution in [0.15, 0.2) is 29.6 Å². The summed E-state index contributed by atoms with van der Waals surface area (Å²) in [5.74, 6) is 0.118. The maximum absolute atomic E-state index is 11.4. The van der Waals surface area contributed by atoms with Gasteiger partial charge in [0.25, 0.3) is 0 Å². The van der Waals surface area contributed by atoms with Crippen molar-refractivity contribution in [3.8, 4) is 5.75 Å². The van der Waals surface area contributed by atoms with E-state index < -0.39 is 5.97 Å². The Labute approximate surface area is 138 Å². The lowest BCUT2D eigenvalue weighted by atomic mass is 10.1. The van der Waals surface area contributed by atoms with Gasteiger partial charge in [-0.1, -0.05) is 23.9 Å². The van der Waals surface area contributed by atoms with Gasteiger partial charge >= 0.3 is 5.97 Å². The zero-order valence-electron chi connectivity index (χ0n) is 12.9. The highest BCUT2D eigenvalue weighted by Gasteiger charge is 2.27. The van der Waals surface area contributed by atoms with Crippen molar-refractivity contribution >= 4 is 23.5 Å². The van der Waals surface area contributed by atoms with E-state index in [1.54, 1.807) is 7.11 Å². The van der Waals surface area contributed by atoms with E-state index in [4.69, 9.17) is 4.74 Å². The Hall–Kier alpha value is -2.28. The van der Waals surface area contributed by atoms with Crippen molar-refractivity contribution in [1.29, 1.82) is 0 Å². The molecule has 0 fully saturated rings. The number of aromatic carboxylic acids is 1. The summed E-state index contributed by atoms with van der Waals surface area (Å²) in [6, 6.07) is 5.94. The average Bonchev–Trinajstić information content (AvgIpc) is 2.97. The Morgan fingerprint density at radius 2 is 2.30 bits per heavy atom. The molecule has 1 atom stereocenters. The third kappa shape index (κ3) is 2.96. The van der Waals surface area contributed by atoms with Gasteiger partial charge < -0.3 is 15.2 Å². The molecule has 2 aromatic rings. The predicted molar refractivity (Wildman–Crippen MR) is 88.5 cm³/mol. The number of carbonyl (C=O) groups is 1. The first-order valence-electron chi connectivity index (χ1n) is 7.20. The van der Waals surface area contributed by atoms with Gasteiger partial charge in [-0.3, -0.25) is 0 Å². The second kappa shape index (κ2) is 6.45. The number of benzene rings is 1. The van der Waals surface area contributed by atoms with Crippen molar-refractivity contribution in [2.75, 3.05) is 18.7 Å². The molecule has 0 saturated carbocycles. The third-order valence-corrected chi connectivity index (χ3v) is 4.48. The zero-order valence-corrected chi connectivity index (χ0v) is 13.7. The molecule has 0 saturated heterocycles. The third-order valence-electron chi connectivity index (χ3n) is 3.92. The fourth-order valence-corrected chi connectivity index (χ4v) is 3.21. The summed E-state index contributed by atoms with van der Waals surface area (Å²) in [4.78, 5) is 19.8. The molecule has 0 radical (unpaired) electrons. The fourth-order valence-electron chi connectivity index (χ4n) is 2.87. The first-order chi connectivity index (χ1) is 11.1. The Balaban J connectivity index is 1.97. The Morgan fingerprint density at radius 3 is 3.00 bits per heavy atom. The molecule has 1 unspecified atom stereocenters. The number of carboxylic acids is 1. The molecular weight excluding hydrogens is 314 g/mol. The van der Waals surface area contributed by atoms with E-state index in [9.17, 15) is 9.90 Å². The number of aromatic nitrogens is 2. The van der Waals surface area contributed by atoms with Crippen LogP contribution in [-0.2, 0) is 6.42 Å². The molecule has 7 heteroatoms. The molecule has 0 bridgehead atoms. The second-order valence-corrected chi connectivity index (χ2v) is 5.97. The zero-order chi connectivity index (χ0) is 16.4. The van der Waals surface area contributed by atoms with Gasteiger partial charge in [0, 0.05) is 11.8 Å². The normalized spacial score (nSPS) is 16.0. The highest BCUT2D eigenvalue weighted by atomic mass is 32.2. The highest BCUT2D eigenvalue weighted by molar-refractivity contribution is 7.98. The number of anilines is 1. The number of carboxylic acid groups (broad SMARTS) is 1. The molecule has 0 spiro atoms. The van der Waals surface area contributed by atoms with E-state index in [-0.39, 0.29) is 11.6 Å². The summed E-state index contributed by atoms with van der Waals surface area (Å²) in [5.41, 5.74) is 2.37. The maximum Gasteiger partial charge on any atom is 0.341 e. The highest BCUT2D eigenvalue weighted by Crippen LogP contribution is 2.40. The topological polar surface area (TPSA) is 84.3 Å². The molecule has 1 aromatic heterocycles. The van der Waals surface area contributed by atoms with Crippen LogP contribution >= 0.6 is 11.8 Å². The quantitative estimate of drug-likeness (QED) is 0.643. The number of aryl methyl sites for hydroxylation is 1. The minimum atomic E-state index is -1.04. The number of thioether (sulfide) groups is 1. The molecule has 1 aliphatic carbocycles. The van der Waals surface area contributed by atoms with E-state index in [0.29, 0.717) is 11.0 Å². The molecule has 23 heavy (non-hydrogen) atoms. The molecule has 120 valence electrons. The van der Waals surface area contributed by atoms with Crippen LogP contribution < -0.4 is 10.1 Å². The molecule has 3 rings (SSSR count). The monoisotopic (exact) mass is 331 g/mol. The van der Waals surface area contributed by atoms with Crippen LogP contribution in [0.4, 0.5) is 5.82 Å². The first kappa shape index (κ1) is 15.6. The van der Waals surface area contributed by atoms with Gasteiger partial charge in [-0.05, 0) is 30.7 Å². The van der Waals surface area contributed by atoms with Crippen LogP contribution in [0.2, 0.25) is 0 Å². The number of ether oxygens (including phenoxy) is 1. The molecule has 2 N–H and O–H groups in total. The van der Waals surface area contributed by atoms with Crippen LogP contribution in [-0.4, -0.2) is 34.4 Å². The Bertz CT molecular complexity index is 751. The predicted octanol–water partition coefficient (Wildman–Crippen LogP) is 3.00. The van der Waals surface area contributed by atoms with Gasteiger partial charge in [0.1, 0.15) is 17.1 Å². The number of fused-ring (bicyclic) bond motifs is 1. The van der Waals surface area contributed by atoms with Gasteiger partial charge in [0.05, 0.1) is 13.2 Å². The van der Waals surface area contributed by atoms with Crippen molar-refractivity contribution in [2.45, 2.75) is 24.0 Å². The van der Waals surface area contributed by atoms with Crippen LogP contribution in [0, 0.1) is 0 Å². The Kier molecular flexibility index (Phi) is 4.38. The van der Waals surface area contributed by atoms with Gasteiger partial charge in [-0.25, -0.2) is 14.8 Å². The van der Waals surface area contributed by atoms with E-state index >= 15 is 0 Å². The number of rotatable bonds is 5. The van der Waals surface area contributed by atoms with Crippen molar-refractivity contribution in [2.24, 2.45) is 0 Å². The summed E-state index contributed by atoms with van der Waals surface area (Å²) < 4.78 is 5.45. The average molecular weight is 331 g/mol. The largest absolute Gasteiger partial charge is 0.496 e. The van der Waals surface area contributed by atoms with Crippen LogP contribution in [0.1, 0.15) is 33.9 Å². The smallest absolute Gasteiger partial charge is 0.341 e. The van der Waals surface area contributed by atoms with Gasteiger partial charge in [-0.2, -0.15) is 0 Å². The molecular formula is C16H17N3O3S. The van der Waals surface area contributed by atoms with Crippen LogP contribution in [0.5, 0.6) is 5.75 Å². The van der Waals surface area contributed by atoms with Gasteiger partial charge in [-0.15, -0.1) is 0 Å². The van der Waals surface area contributed by atoms with Crippen molar-refractivity contribution in [3.63, 3.8) is 0 Å². The number of nitrogens with zero attached hydrogens (tertiary/aromatic N) is 2.